The summed E-state index contributed by atoms with van der Waals surface area (Å²) in [6, 6.07) is 0. The third-order valence-electron chi connectivity index (χ3n) is 4.34. The predicted molar refractivity (Wildman–Crippen MR) is 77.4 cm³/mol. The minimum Gasteiger partial charge on any atom is -0.329 e. The van der Waals surface area contributed by atoms with E-state index in [4.69, 9.17) is 5.73 Å². The second-order valence-electron chi connectivity index (χ2n) is 5.81. The van der Waals surface area contributed by atoms with E-state index in [1.54, 1.807) is 4.31 Å². The summed E-state index contributed by atoms with van der Waals surface area (Å²) in [7, 11) is -3.05. The topological polar surface area (TPSA) is 66.6 Å². The first-order valence-corrected chi connectivity index (χ1v) is 9.13. The van der Waals surface area contributed by atoms with Gasteiger partial charge in [-0.15, -0.1) is 0 Å². The lowest BCUT2D eigenvalue weighted by Crippen LogP contribution is -2.50. The van der Waals surface area contributed by atoms with Crippen molar-refractivity contribution in [2.24, 2.45) is 11.7 Å². The summed E-state index contributed by atoms with van der Waals surface area (Å²) in [4.78, 5) is 2.24. The lowest BCUT2D eigenvalue weighted by Gasteiger charge is -2.34. The van der Waals surface area contributed by atoms with Gasteiger partial charge in [0.05, 0.1) is 5.75 Å². The van der Waals surface area contributed by atoms with Crippen LogP contribution < -0.4 is 5.73 Å². The van der Waals surface area contributed by atoms with Gasteiger partial charge in [-0.2, -0.15) is 4.31 Å². The van der Waals surface area contributed by atoms with Crippen LogP contribution >= 0.6 is 0 Å². The van der Waals surface area contributed by atoms with Crippen LogP contribution in [0.2, 0.25) is 0 Å². The Morgan fingerprint density at radius 2 is 1.63 bits per heavy atom. The Balaban J connectivity index is 1.83. The number of hydrogen-bond donors (Lipinski definition) is 1. The molecule has 0 spiro atoms. The molecule has 1 saturated carbocycles. The molecule has 0 amide bonds. The van der Waals surface area contributed by atoms with Crippen LogP contribution in [-0.2, 0) is 10.0 Å². The summed E-state index contributed by atoms with van der Waals surface area (Å²) in [5, 5.41) is 0. The molecular formula is C13H27N3O2S. The first-order valence-electron chi connectivity index (χ1n) is 7.52. The molecule has 0 aromatic heterocycles. The van der Waals surface area contributed by atoms with Crippen LogP contribution in [0.3, 0.4) is 0 Å². The van der Waals surface area contributed by atoms with Crippen LogP contribution in [0.1, 0.15) is 32.1 Å². The van der Waals surface area contributed by atoms with Crippen molar-refractivity contribution in [2.45, 2.75) is 32.1 Å². The minimum atomic E-state index is -3.05. The summed E-state index contributed by atoms with van der Waals surface area (Å²) < 4.78 is 26.5. The van der Waals surface area contributed by atoms with Gasteiger partial charge in [0.2, 0.25) is 10.0 Å². The molecule has 5 nitrogen and oxygen atoms in total. The van der Waals surface area contributed by atoms with Crippen molar-refractivity contribution in [3.63, 3.8) is 0 Å². The van der Waals surface area contributed by atoms with Gasteiger partial charge in [0.25, 0.3) is 0 Å². The molecule has 0 atom stereocenters. The molecule has 2 rings (SSSR count). The first kappa shape index (κ1) is 15.2. The molecule has 2 N–H and O–H groups in total. The van der Waals surface area contributed by atoms with Crippen molar-refractivity contribution in [1.82, 2.24) is 9.21 Å². The van der Waals surface area contributed by atoms with Crippen molar-refractivity contribution in [2.75, 3.05) is 45.0 Å². The van der Waals surface area contributed by atoms with E-state index in [1.807, 2.05) is 0 Å². The van der Waals surface area contributed by atoms with E-state index in [1.165, 1.54) is 19.3 Å². The summed E-state index contributed by atoms with van der Waals surface area (Å²) >= 11 is 0. The zero-order valence-electron chi connectivity index (χ0n) is 11.8. The van der Waals surface area contributed by atoms with Crippen LogP contribution in [0.15, 0.2) is 0 Å². The molecule has 1 aliphatic heterocycles. The Morgan fingerprint density at radius 1 is 1.00 bits per heavy atom. The number of hydrogen-bond acceptors (Lipinski definition) is 4. The Hall–Kier alpha value is -0.170. The molecule has 2 aliphatic rings. The van der Waals surface area contributed by atoms with Crippen LogP contribution in [0, 0.1) is 5.92 Å². The lowest BCUT2D eigenvalue weighted by atomic mass is 9.91. The second-order valence-corrected chi connectivity index (χ2v) is 7.83. The summed E-state index contributed by atoms with van der Waals surface area (Å²) in [5.74, 6) is 0.755. The molecule has 112 valence electrons. The van der Waals surface area contributed by atoms with E-state index >= 15 is 0 Å². The van der Waals surface area contributed by atoms with Gasteiger partial charge in [-0.25, -0.2) is 8.42 Å². The zero-order valence-corrected chi connectivity index (χ0v) is 12.6. The predicted octanol–water partition coefficient (Wildman–Crippen LogP) is 0.473. The maximum absolute atomic E-state index is 12.4. The first-order chi connectivity index (χ1) is 9.12. The Kier molecular flexibility index (Phi) is 5.62. The van der Waals surface area contributed by atoms with Gasteiger partial charge in [-0.05, 0) is 18.8 Å². The monoisotopic (exact) mass is 289 g/mol. The average Bonchev–Trinajstić information content (AvgIpc) is 2.40. The fourth-order valence-corrected chi connectivity index (χ4v) is 5.03. The smallest absolute Gasteiger partial charge is 0.214 e. The standard InChI is InChI=1S/C13H27N3O2S/c14-6-7-15-8-10-16(11-9-15)19(17,18)12-13-4-2-1-3-5-13/h13H,1-12,14H2. The van der Waals surface area contributed by atoms with Gasteiger partial charge in [-0.1, -0.05) is 19.3 Å². The fraction of sp³-hybridized carbons (Fsp3) is 1.00. The molecule has 0 radical (unpaired) electrons. The maximum atomic E-state index is 12.4. The molecule has 2 fully saturated rings. The van der Waals surface area contributed by atoms with Gasteiger partial charge in [0, 0.05) is 39.3 Å². The van der Waals surface area contributed by atoms with Crippen molar-refractivity contribution >= 4 is 10.0 Å². The Bertz CT molecular complexity index is 358. The normalized spacial score (nSPS) is 24.7. The summed E-state index contributed by atoms with van der Waals surface area (Å²) in [6.07, 6.45) is 5.85. The van der Waals surface area contributed by atoms with E-state index in [0.717, 1.165) is 32.5 Å². The zero-order chi connectivity index (χ0) is 13.7. The van der Waals surface area contributed by atoms with Crippen LogP contribution in [0.25, 0.3) is 0 Å². The molecule has 6 heteroatoms. The van der Waals surface area contributed by atoms with Crippen LogP contribution in [-0.4, -0.2) is 62.6 Å². The van der Waals surface area contributed by atoms with Crippen molar-refractivity contribution in [3.8, 4) is 0 Å². The number of nitrogens with zero attached hydrogens (tertiary/aromatic N) is 2. The number of nitrogens with two attached hydrogens (primary N) is 1. The van der Waals surface area contributed by atoms with E-state index in [2.05, 4.69) is 4.90 Å². The number of rotatable bonds is 5. The van der Waals surface area contributed by atoms with Gasteiger partial charge < -0.3 is 5.73 Å². The van der Waals surface area contributed by atoms with Crippen LogP contribution in [0.4, 0.5) is 0 Å². The molecule has 0 aromatic carbocycles. The van der Waals surface area contributed by atoms with Crippen molar-refractivity contribution in [3.05, 3.63) is 0 Å². The van der Waals surface area contributed by atoms with Crippen molar-refractivity contribution < 1.29 is 8.42 Å². The van der Waals surface area contributed by atoms with E-state index in [-0.39, 0.29) is 0 Å². The number of sulfonamides is 1. The average molecular weight is 289 g/mol. The van der Waals surface area contributed by atoms with E-state index < -0.39 is 10.0 Å². The SMILES string of the molecule is NCCN1CCN(S(=O)(=O)CC2CCCCC2)CC1. The Morgan fingerprint density at radius 3 is 2.21 bits per heavy atom. The van der Waals surface area contributed by atoms with E-state index in [9.17, 15) is 8.42 Å². The molecule has 0 unspecified atom stereocenters. The fourth-order valence-electron chi connectivity index (χ4n) is 3.17. The molecule has 0 aromatic rings. The molecule has 1 heterocycles. The second kappa shape index (κ2) is 7.02. The van der Waals surface area contributed by atoms with Gasteiger partial charge in [-0.3, -0.25) is 4.90 Å². The van der Waals surface area contributed by atoms with Gasteiger partial charge >= 0.3 is 0 Å². The molecule has 1 saturated heterocycles. The third kappa shape index (κ3) is 4.41. The molecule has 0 bridgehead atoms. The highest BCUT2D eigenvalue weighted by atomic mass is 32.2. The third-order valence-corrected chi connectivity index (χ3v) is 6.39. The maximum Gasteiger partial charge on any atom is 0.214 e. The highest BCUT2D eigenvalue weighted by molar-refractivity contribution is 7.89. The molecule has 19 heavy (non-hydrogen) atoms. The van der Waals surface area contributed by atoms with Gasteiger partial charge in [0.15, 0.2) is 0 Å². The van der Waals surface area contributed by atoms with Crippen molar-refractivity contribution in [1.29, 1.82) is 0 Å². The lowest BCUT2D eigenvalue weighted by molar-refractivity contribution is 0.192. The van der Waals surface area contributed by atoms with Crippen LogP contribution in [0.5, 0.6) is 0 Å². The minimum absolute atomic E-state index is 0.365. The molecule has 1 aliphatic carbocycles. The summed E-state index contributed by atoms with van der Waals surface area (Å²) in [6.45, 7) is 4.43. The van der Waals surface area contributed by atoms with E-state index in [0.29, 0.717) is 31.3 Å². The number of piperazine rings is 1. The summed E-state index contributed by atoms with van der Waals surface area (Å²) in [5.41, 5.74) is 5.53. The highest BCUT2D eigenvalue weighted by Gasteiger charge is 2.29. The molecular weight excluding hydrogens is 262 g/mol. The largest absolute Gasteiger partial charge is 0.329 e. The Labute approximate surface area is 117 Å². The highest BCUT2D eigenvalue weighted by Crippen LogP contribution is 2.26. The van der Waals surface area contributed by atoms with Gasteiger partial charge in [0.1, 0.15) is 0 Å². The quantitative estimate of drug-likeness (QED) is 0.799.